The SMILES string of the molecule is CC/C=C/C/C=C/C/C=C/CCCCCCC(CC(=O)NC(CO)C(O)CCCCCCCCCCCCCCCC)OC(=O)CCCCCCCCCCC/C=C\C/C=C\CCCCC. The summed E-state index contributed by atoms with van der Waals surface area (Å²) in [7, 11) is 0. The third kappa shape index (κ3) is 48.0. The number of allylic oxidation sites excluding steroid dienone is 10. The van der Waals surface area contributed by atoms with Crippen molar-refractivity contribution in [1.29, 1.82) is 0 Å². The average molecular weight is 925 g/mol. The summed E-state index contributed by atoms with van der Waals surface area (Å²) in [6.45, 7) is 6.36. The number of aliphatic hydroxyl groups excluding tert-OH is 2. The maximum atomic E-state index is 13.3. The van der Waals surface area contributed by atoms with E-state index in [1.165, 1.54) is 141 Å². The number of aliphatic hydroxyl groups is 2. The Morgan fingerprint density at radius 2 is 0.818 bits per heavy atom. The molecule has 0 rings (SSSR count). The topological polar surface area (TPSA) is 95.9 Å². The molecular formula is C60H109NO5. The first-order valence-electron chi connectivity index (χ1n) is 28.5. The van der Waals surface area contributed by atoms with Gasteiger partial charge in [0, 0.05) is 6.42 Å². The van der Waals surface area contributed by atoms with E-state index in [2.05, 4.69) is 86.8 Å². The molecule has 0 fully saturated rings. The minimum absolute atomic E-state index is 0.0606. The summed E-state index contributed by atoms with van der Waals surface area (Å²) >= 11 is 0. The van der Waals surface area contributed by atoms with Crippen LogP contribution in [-0.4, -0.2) is 46.9 Å². The monoisotopic (exact) mass is 924 g/mol. The minimum atomic E-state index is -0.796. The van der Waals surface area contributed by atoms with Crippen molar-refractivity contribution in [3.8, 4) is 0 Å². The summed E-state index contributed by atoms with van der Waals surface area (Å²) in [5.74, 6) is -0.494. The normalized spacial score (nSPS) is 13.6. The molecule has 0 aromatic heterocycles. The van der Waals surface area contributed by atoms with E-state index in [9.17, 15) is 19.8 Å². The third-order valence-corrected chi connectivity index (χ3v) is 12.8. The van der Waals surface area contributed by atoms with Crippen molar-refractivity contribution in [1.82, 2.24) is 5.32 Å². The summed E-state index contributed by atoms with van der Waals surface area (Å²) in [5, 5.41) is 23.9. The molecule has 3 unspecified atom stereocenters. The van der Waals surface area contributed by atoms with Crippen LogP contribution < -0.4 is 5.32 Å². The van der Waals surface area contributed by atoms with Gasteiger partial charge >= 0.3 is 5.97 Å². The predicted molar refractivity (Wildman–Crippen MR) is 287 cm³/mol. The highest BCUT2D eigenvalue weighted by Gasteiger charge is 2.24. The molecule has 3 atom stereocenters. The fraction of sp³-hybridized carbons (Fsp3) is 0.800. The number of ether oxygens (including phenoxy) is 1. The number of rotatable bonds is 51. The van der Waals surface area contributed by atoms with E-state index in [1.807, 2.05) is 0 Å². The minimum Gasteiger partial charge on any atom is -0.462 e. The Morgan fingerprint density at radius 1 is 0.455 bits per heavy atom. The zero-order valence-corrected chi connectivity index (χ0v) is 43.8. The van der Waals surface area contributed by atoms with E-state index in [0.717, 1.165) is 96.3 Å². The largest absolute Gasteiger partial charge is 0.462 e. The van der Waals surface area contributed by atoms with Gasteiger partial charge in [0.15, 0.2) is 0 Å². The molecule has 0 saturated carbocycles. The van der Waals surface area contributed by atoms with Crippen molar-refractivity contribution in [3.05, 3.63) is 60.8 Å². The van der Waals surface area contributed by atoms with Crippen molar-refractivity contribution in [2.75, 3.05) is 6.61 Å². The second-order valence-corrected chi connectivity index (χ2v) is 19.3. The molecule has 0 bridgehead atoms. The lowest BCUT2D eigenvalue weighted by molar-refractivity contribution is -0.151. The van der Waals surface area contributed by atoms with E-state index in [1.54, 1.807) is 0 Å². The molecule has 6 nitrogen and oxygen atoms in total. The maximum Gasteiger partial charge on any atom is 0.306 e. The molecule has 1 amide bonds. The Labute approximate surface area is 409 Å². The summed E-state index contributed by atoms with van der Waals surface area (Å²) in [6.07, 6.45) is 67.1. The Hall–Kier alpha value is -2.44. The fourth-order valence-electron chi connectivity index (χ4n) is 8.53. The molecule has 0 aromatic rings. The van der Waals surface area contributed by atoms with E-state index in [4.69, 9.17) is 4.74 Å². The van der Waals surface area contributed by atoms with Crippen LogP contribution >= 0.6 is 0 Å². The van der Waals surface area contributed by atoms with Gasteiger partial charge in [-0.25, -0.2) is 0 Å². The second-order valence-electron chi connectivity index (χ2n) is 19.3. The van der Waals surface area contributed by atoms with Gasteiger partial charge in [0.1, 0.15) is 6.10 Å². The Bertz CT molecular complexity index is 1170. The molecule has 0 aromatic carbocycles. The van der Waals surface area contributed by atoms with Crippen molar-refractivity contribution in [2.24, 2.45) is 0 Å². The zero-order chi connectivity index (χ0) is 48.1. The molecule has 384 valence electrons. The maximum absolute atomic E-state index is 13.3. The summed E-state index contributed by atoms with van der Waals surface area (Å²) in [4.78, 5) is 26.3. The van der Waals surface area contributed by atoms with Crippen LogP contribution in [0.2, 0.25) is 0 Å². The zero-order valence-electron chi connectivity index (χ0n) is 43.8. The van der Waals surface area contributed by atoms with Gasteiger partial charge in [-0.15, -0.1) is 0 Å². The summed E-state index contributed by atoms with van der Waals surface area (Å²) in [5.41, 5.74) is 0. The Kier molecular flexibility index (Phi) is 51.5. The first-order valence-corrected chi connectivity index (χ1v) is 28.5. The predicted octanol–water partition coefficient (Wildman–Crippen LogP) is 17.6. The molecule has 0 aliphatic rings. The average Bonchev–Trinajstić information content (AvgIpc) is 3.31. The molecule has 0 saturated heterocycles. The number of carbonyl (C=O) groups is 2. The number of hydrogen-bond acceptors (Lipinski definition) is 5. The van der Waals surface area contributed by atoms with Gasteiger partial charge in [-0.2, -0.15) is 0 Å². The Morgan fingerprint density at radius 3 is 1.27 bits per heavy atom. The number of carbonyl (C=O) groups excluding carboxylic acids is 2. The summed E-state index contributed by atoms with van der Waals surface area (Å²) < 4.78 is 5.95. The smallest absolute Gasteiger partial charge is 0.306 e. The van der Waals surface area contributed by atoms with Gasteiger partial charge < -0.3 is 20.3 Å². The number of nitrogens with one attached hydrogen (secondary N) is 1. The van der Waals surface area contributed by atoms with Crippen LogP contribution in [0.25, 0.3) is 0 Å². The molecule has 66 heavy (non-hydrogen) atoms. The fourth-order valence-corrected chi connectivity index (χ4v) is 8.53. The Balaban J connectivity index is 4.56. The van der Waals surface area contributed by atoms with E-state index in [-0.39, 0.29) is 24.9 Å². The lowest BCUT2D eigenvalue weighted by atomic mass is 10.0. The highest BCUT2D eigenvalue weighted by molar-refractivity contribution is 5.77. The molecule has 0 radical (unpaired) electrons. The quantitative estimate of drug-likeness (QED) is 0.0321. The van der Waals surface area contributed by atoms with Crippen LogP contribution in [0.1, 0.15) is 284 Å². The third-order valence-electron chi connectivity index (χ3n) is 12.8. The summed E-state index contributed by atoms with van der Waals surface area (Å²) in [6, 6.07) is -0.711. The lowest BCUT2D eigenvalue weighted by Crippen LogP contribution is -2.46. The van der Waals surface area contributed by atoms with Gasteiger partial charge in [0.05, 0.1) is 25.2 Å². The first kappa shape index (κ1) is 63.6. The van der Waals surface area contributed by atoms with Crippen LogP contribution in [0, 0.1) is 0 Å². The van der Waals surface area contributed by atoms with Gasteiger partial charge in [-0.05, 0) is 89.9 Å². The van der Waals surface area contributed by atoms with Crippen molar-refractivity contribution >= 4 is 11.9 Å². The van der Waals surface area contributed by atoms with Gasteiger partial charge in [-0.1, -0.05) is 242 Å². The van der Waals surface area contributed by atoms with Crippen molar-refractivity contribution in [3.63, 3.8) is 0 Å². The standard InChI is InChI=1S/C60H109NO5/c1-4-7-10-13-16-19-22-25-28-29-30-31-32-35-38-41-44-47-50-53-60(65)66-56(51-48-45-42-39-36-33-26-23-20-17-14-11-8-5-2)54-59(64)61-57(55-62)58(63)52-49-46-43-40-37-34-27-24-21-18-15-12-9-6-3/h8,11,16-17,19-20,25-26,28,33,56-58,62-63H,4-7,9-10,12-15,18,21-24,27,29-32,34-55H2,1-3H3,(H,61,64)/b11-8+,19-16-,20-17+,28-25-,33-26+. The molecule has 0 aliphatic carbocycles. The van der Waals surface area contributed by atoms with Crippen molar-refractivity contribution in [2.45, 2.75) is 302 Å². The molecule has 6 heteroatoms. The number of hydrogen-bond donors (Lipinski definition) is 3. The van der Waals surface area contributed by atoms with Crippen LogP contribution in [-0.2, 0) is 14.3 Å². The van der Waals surface area contributed by atoms with E-state index >= 15 is 0 Å². The van der Waals surface area contributed by atoms with E-state index < -0.39 is 18.2 Å². The van der Waals surface area contributed by atoms with Crippen LogP contribution in [0.3, 0.4) is 0 Å². The molecular weight excluding hydrogens is 815 g/mol. The van der Waals surface area contributed by atoms with Gasteiger partial charge in [0.2, 0.25) is 5.91 Å². The van der Waals surface area contributed by atoms with Crippen LogP contribution in [0.4, 0.5) is 0 Å². The van der Waals surface area contributed by atoms with Gasteiger partial charge in [-0.3, -0.25) is 9.59 Å². The first-order chi connectivity index (χ1) is 32.5. The highest BCUT2D eigenvalue weighted by atomic mass is 16.5. The van der Waals surface area contributed by atoms with Crippen LogP contribution in [0.15, 0.2) is 60.8 Å². The number of amides is 1. The number of unbranched alkanes of at least 4 members (excludes halogenated alkanes) is 29. The molecule has 0 heterocycles. The van der Waals surface area contributed by atoms with E-state index in [0.29, 0.717) is 19.3 Å². The number of esters is 1. The highest BCUT2D eigenvalue weighted by Crippen LogP contribution is 2.18. The van der Waals surface area contributed by atoms with Gasteiger partial charge in [0.25, 0.3) is 0 Å². The molecule has 0 aliphatic heterocycles. The van der Waals surface area contributed by atoms with Crippen molar-refractivity contribution < 1.29 is 24.5 Å². The second kappa shape index (κ2) is 53.5. The lowest BCUT2D eigenvalue weighted by Gasteiger charge is -2.24. The molecule has 3 N–H and O–H groups in total. The van der Waals surface area contributed by atoms with Crippen LogP contribution in [0.5, 0.6) is 0 Å². The molecule has 0 spiro atoms.